The van der Waals surface area contributed by atoms with Crippen LogP contribution in [0.15, 0.2) is 6.07 Å². The van der Waals surface area contributed by atoms with Gasteiger partial charge in [0.25, 0.3) is 0 Å². The van der Waals surface area contributed by atoms with Gasteiger partial charge in [-0.25, -0.2) is 4.79 Å². The minimum atomic E-state index is -0.787. The number of benzene rings is 1. The predicted octanol–water partition coefficient (Wildman–Crippen LogP) is 2.38. The smallest absolute Gasteiger partial charge is 0.342 e. The maximum atomic E-state index is 12.5. The number of rotatable bonds is 1. The fourth-order valence-corrected chi connectivity index (χ4v) is 3.50. The van der Waals surface area contributed by atoms with Crippen molar-refractivity contribution in [3.8, 4) is 11.5 Å². The Morgan fingerprint density at radius 1 is 1.15 bits per heavy atom. The zero-order chi connectivity index (χ0) is 18.8. The molecule has 142 valence electrons. The lowest BCUT2D eigenvalue weighted by atomic mass is 9.96. The van der Waals surface area contributed by atoms with Crippen LogP contribution in [0.1, 0.15) is 41.6 Å². The van der Waals surface area contributed by atoms with Gasteiger partial charge >= 0.3 is 5.97 Å². The van der Waals surface area contributed by atoms with Crippen molar-refractivity contribution in [3.05, 3.63) is 22.2 Å². The third kappa shape index (κ3) is 4.11. The van der Waals surface area contributed by atoms with Gasteiger partial charge in [0.05, 0.1) is 29.9 Å². The molecule has 1 fully saturated rings. The number of phenolic OH excluding ortho intramolecular Hbond substituents is 2. The van der Waals surface area contributed by atoms with E-state index < -0.39 is 17.5 Å². The van der Waals surface area contributed by atoms with E-state index in [4.69, 9.17) is 25.8 Å². The molecule has 1 aromatic rings. The van der Waals surface area contributed by atoms with Gasteiger partial charge in [0.2, 0.25) is 0 Å². The number of cyclic esters (lactones) is 1. The van der Waals surface area contributed by atoms with Crippen molar-refractivity contribution in [1.29, 1.82) is 0 Å². The van der Waals surface area contributed by atoms with E-state index >= 15 is 0 Å². The number of carbonyl (C=O) groups is 2. The van der Waals surface area contributed by atoms with Crippen LogP contribution in [0.3, 0.4) is 0 Å². The van der Waals surface area contributed by atoms with Crippen LogP contribution in [-0.2, 0) is 25.4 Å². The van der Waals surface area contributed by atoms with Crippen LogP contribution in [0.5, 0.6) is 11.5 Å². The molecule has 0 radical (unpaired) electrons. The summed E-state index contributed by atoms with van der Waals surface area (Å²) in [6, 6.07) is 0.966. The van der Waals surface area contributed by atoms with Crippen molar-refractivity contribution in [2.24, 2.45) is 0 Å². The van der Waals surface area contributed by atoms with Crippen LogP contribution >= 0.6 is 11.6 Å². The Bertz CT molecular complexity index is 718. The number of carbonyl (C=O) groups excluding carboxylic acids is 2. The van der Waals surface area contributed by atoms with Gasteiger partial charge in [0, 0.05) is 38.0 Å². The van der Waals surface area contributed by atoms with Gasteiger partial charge in [-0.1, -0.05) is 11.6 Å². The quantitative estimate of drug-likeness (QED) is 0.565. The largest absolute Gasteiger partial charge is 0.507 e. The summed E-state index contributed by atoms with van der Waals surface area (Å²) in [7, 11) is 1.54. The Labute approximate surface area is 155 Å². The number of fused-ring (bicyclic) bond motifs is 2. The number of ether oxygens (including phenoxy) is 3. The molecule has 26 heavy (non-hydrogen) atoms. The molecule has 3 rings (SSSR count). The predicted molar refractivity (Wildman–Crippen MR) is 91.7 cm³/mol. The van der Waals surface area contributed by atoms with E-state index in [0.717, 1.165) is 12.5 Å². The Morgan fingerprint density at radius 2 is 1.88 bits per heavy atom. The lowest BCUT2D eigenvalue weighted by molar-refractivity contribution is -0.120. The van der Waals surface area contributed by atoms with E-state index in [9.17, 15) is 19.8 Å². The first-order valence-corrected chi connectivity index (χ1v) is 8.88. The molecule has 0 spiro atoms. The summed E-state index contributed by atoms with van der Waals surface area (Å²) in [4.78, 5) is 24.9. The van der Waals surface area contributed by atoms with E-state index in [1.54, 1.807) is 7.11 Å². The number of halogens is 1. The van der Waals surface area contributed by atoms with Crippen LogP contribution in [0.2, 0.25) is 5.02 Å². The van der Waals surface area contributed by atoms with Crippen LogP contribution < -0.4 is 0 Å². The summed E-state index contributed by atoms with van der Waals surface area (Å²) in [5.74, 6) is -1.88. The highest BCUT2D eigenvalue weighted by atomic mass is 35.5. The Morgan fingerprint density at radius 3 is 2.62 bits per heavy atom. The molecule has 3 atom stereocenters. The number of methoxy groups -OCH3 is 1. The molecule has 2 heterocycles. The zero-order valence-corrected chi connectivity index (χ0v) is 15.1. The summed E-state index contributed by atoms with van der Waals surface area (Å²) in [5, 5.41) is 19.8. The second-order valence-electron chi connectivity index (χ2n) is 6.57. The van der Waals surface area contributed by atoms with Crippen molar-refractivity contribution >= 4 is 23.4 Å². The second-order valence-corrected chi connectivity index (χ2v) is 6.95. The average Bonchev–Trinajstić information content (AvgIpc) is 3.33. The minimum absolute atomic E-state index is 0.0235. The van der Waals surface area contributed by atoms with Gasteiger partial charge in [-0.2, -0.15) is 0 Å². The molecule has 0 aromatic heterocycles. The van der Waals surface area contributed by atoms with Crippen LogP contribution in [-0.4, -0.2) is 54.0 Å². The highest BCUT2D eigenvalue weighted by molar-refractivity contribution is 6.33. The topological polar surface area (TPSA) is 106 Å². The molecule has 0 aliphatic carbocycles. The van der Waals surface area contributed by atoms with Crippen molar-refractivity contribution in [2.45, 2.75) is 50.4 Å². The molecule has 0 saturated carbocycles. The van der Waals surface area contributed by atoms with E-state index in [0.29, 0.717) is 12.8 Å². The summed E-state index contributed by atoms with van der Waals surface area (Å²) in [6.45, 7) is 0.124. The first-order valence-electron chi connectivity index (χ1n) is 8.51. The number of aromatic hydroxyl groups is 2. The first kappa shape index (κ1) is 18.9. The van der Waals surface area contributed by atoms with Crippen molar-refractivity contribution in [1.82, 2.24) is 0 Å². The Balaban J connectivity index is 1.92. The van der Waals surface area contributed by atoms with Crippen LogP contribution in [0, 0.1) is 0 Å². The molecular weight excluding hydrogens is 364 g/mol. The lowest BCUT2D eigenvalue weighted by Crippen LogP contribution is -2.20. The number of esters is 1. The second kappa shape index (κ2) is 7.82. The maximum absolute atomic E-state index is 12.5. The molecule has 1 aromatic carbocycles. The van der Waals surface area contributed by atoms with E-state index in [-0.39, 0.29) is 59.7 Å². The monoisotopic (exact) mass is 384 g/mol. The summed E-state index contributed by atoms with van der Waals surface area (Å²) >= 11 is 6.09. The van der Waals surface area contributed by atoms with Gasteiger partial charge in [-0.15, -0.1) is 0 Å². The summed E-state index contributed by atoms with van der Waals surface area (Å²) in [6.07, 6.45) is 1.76. The molecule has 2 aliphatic heterocycles. The van der Waals surface area contributed by atoms with E-state index in [2.05, 4.69) is 0 Å². The number of hydrogen-bond donors (Lipinski definition) is 2. The van der Waals surface area contributed by atoms with Crippen molar-refractivity contribution in [2.75, 3.05) is 13.7 Å². The first-order chi connectivity index (χ1) is 12.4. The van der Waals surface area contributed by atoms with Gasteiger partial charge in [0.15, 0.2) is 0 Å². The zero-order valence-electron chi connectivity index (χ0n) is 14.4. The molecule has 8 heteroatoms. The molecular formula is C18H21ClO7. The Kier molecular flexibility index (Phi) is 5.70. The molecule has 1 saturated heterocycles. The molecule has 3 unspecified atom stereocenters. The standard InChI is InChI=1S/C18H21ClO7/c1-24-10-2-3-14-15(26-14)4-5-25-18(23)16-11(7-9(20)6-10)17(19)13(22)8-12(16)21/h8,10,14-15,21-22H,2-7H2,1H3. The number of hydrogen-bond acceptors (Lipinski definition) is 7. The van der Waals surface area contributed by atoms with E-state index in [1.165, 1.54) is 0 Å². The lowest BCUT2D eigenvalue weighted by Gasteiger charge is -2.17. The summed E-state index contributed by atoms with van der Waals surface area (Å²) < 4.78 is 16.1. The number of epoxide rings is 1. The van der Waals surface area contributed by atoms with Crippen LogP contribution in [0.25, 0.3) is 0 Å². The highest BCUT2D eigenvalue weighted by Crippen LogP contribution is 2.38. The molecule has 2 N–H and O–H groups in total. The fraction of sp³-hybridized carbons (Fsp3) is 0.556. The number of phenols is 2. The van der Waals surface area contributed by atoms with E-state index in [1.807, 2.05) is 0 Å². The molecule has 2 aliphatic rings. The third-order valence-electron chi connectivity index (χ3n) is 4.78. The van der Waals surface area contributed by atoms with Crippen LogP contribution in [0.4, 0.5) is 0 Å². The van der Waals surface area contributed by atoms with Gasteiger partial charge < -0.3 is 24.4 Å². The molecule has 0 bridgehead atoms. The summed E-state index contributed by atoms with van der Waals surface area (Å²) in [5.41, 5.74) is -0.132. The van der Waals surface area contributed by atoms with Gasteiger partial charge in [-0.3, -0.25) is 4.79 Å². The fourth-order valence-electron chi connectivity index (χ4n) is 3.28. The maximum Gasteiger partial charge on any atom is 0.342 e. The molecule has 7 nitrogen and oxygen atoms in total. The Hall–Kier alpha value is -1.83. The van der Waals surface area contributed by atoms with Crippen molar-refractivity contribution in [3.63, 3.8) is 0 Å². The average molecular weight is 385 g/mol. The highest BCUT2D eigenvalue weighted by Gasteiger charge is 2.39. The van der Waals surface area contributed by atoms with Gasteiger partial charge in [-0.05, 0) is 12.8 Å². The minimum Gasteiger partial charge on any atom is -0.507 e. The molecule has 0 amide bonds. The third-order valence-corrected chi connectivity index (χ3v) is 5.21. The SMILES string of the molecule is COC1CCC2OC2CCOC(=O)c2c(O)cc(O)c(Cl)c2CC(=O)C1. The number of Topliss-reactive ketones (excluding diaryl/α,β-unsaturated/α-hetero) is 1. The number of ketones is 1. The van der Waals surface area contributed by atoms with Gasteiger partial charge in [0.1, 0.15) is 22.8 Å². The van der Waals surface area contributed by atoms with Crippen molar-refractivity contribution < 1.29 is 34.0 Å². The normalized spacial score (nSPS) is 27.1.